The minimum atomic E-state index is -0.959. The number of carbonyl (C=O) groups is 1. The van der Waals surface area contributed by atoms with Gasteiger partial charge in [0.1, 0.15) is 29.7 Å². The number of aliphatic hydroxyl groups excluding tert-OH is 1. The molecule has 0 bridgehead atoms. The number of hydrogen-bond acceptors (Lipinski definition) is 6. The Morgan fingerprint density at radius 3 is 2.95 bits per heavy atom. The van der Waals surface area contributed by atoms with Crippen LogP contribution >= 0.6 is 0 Å². The van der Waals surface area contributed by atoms with Gasteiger partial charge < -0.3 is 14.6 Å². The average molecular weight is 302 g/mol. The molecule has 22 heavy (non-hydrogen) atoms. The van der Waals surface area contributed by atoms with E-state index in [9.17, 15) is 9.90 Å². The summed E-state index contributed by atoms with van der Waals surface area (Å²) in [6, 6.07) is 6.26. The summed E-state index contributed by atoms with van der Waals surface area (Å²) < 4.78 is 10.6. The fourth-order valence-electron chi connectivity index (χ4n) is 2.32. The Morgan fingerprint density at radius 1 is 1.59 bits per heavy atom. The number of ether oxygens (including phenoxy) is 2. The number of aliphatic imine (C=N–C) groups is 1. The molecule has 1 aliphatic rings. The van der Waals surface area contributed by atoms with E-state index >= 15 is 0 Å². The van der Waals surface area contributed by atoms with E-state index in [-0.39, 0.29) is 6.61 Å². The van der Waals surface area contributed by atoms with E-state index in [2.05, 4.69) is 4.99 Å². The number of carbonyl (C=O) groups excluding carboxylic acids is 1. The molecule has 0 spiro atoms. The summed E-state index contributed by atoms with van der Waals surface area (Å²) in [4.78, 5) is 15.6. The van der Waals surface area contributed by atoms with Crippen LogP contribution in [0.15, 0.2) is 23.2 Å². The topological polar surface area (TPSA) is 91.9 Å². The standard InChI is InChI=1S/C16H18N2O4/c1-4-21-13(19)9-18-14-11-7-10(8-17)5-6-12(11)22-16(2,3)15(14)20/h5-7,9,14-15,20H,4H2,1-3H3. The van der Waals surface area contributed by atoms with Gasteiger partial charge in [0.25, 0.3) is 0 Å². The van der Waals surface area contributed by atoms with Crippen LogP contribution in [0.5, 0.6) is 5.75 Å². The maximum absolute atomic E-state index is 11.5. The Balaban J connectivity index is 2.42. The fraction of sp³-hybridized carbons (Fsp3) is 0.438. The molecule has 6 heteroatoms. The number of hydrogen-bond donors (Lipinski definition) is 1. The van der Waals surface area contributed by atoms with Crippen molar-refractivity contribution >= 4 is 12.2 Å². The number of nitriles is 1. The van der Waals surface area contributed by atoms with E-state index in [0.717, 1.165) is 6.21 Å². The Hall–Kier alpha value is -2.39. The van der Waals surface area contributed by atoms with Gasteiger partial charge in [-0.05, 0) is 39.0 Å². The van der Waals surface area contributed by atoms with Gasteiger partial charge in [0.15, 0.2) is 0 Å². The Bertz CT molecular complexity index is 646. The van der Waals surface area contributed by atoms with Crippen molar-refractivity contribution in [3.63, 3.8) is 0 Å². The lowest BCUT2D eigenvalue weighted by molar-refractivity contribution is -0.134. The number of fused-ring (bicyclic) bond motifs is 1. The van der Waals surface area contributed by atoms with Crippen LogP contribution in [0.2, 0.25) is 0 Å². The van der Waals surface area contributed by atoms with Gasteiger partial charge in [-0.3, -0.25) is 4.99 Å². The maximum Gasteiger partial charge on any atom is 0.348 e. The average Bonchev–Trinajstić information content (AvgIpc) is 2.47. The van der Waals surface area contributed by atoms with Gasteiger partial charge in [0.2, 0.25) is 0 Å². The highest BCUT2D eigenvalue weighted by molar-refractivity contribution is 6.23. The van der Waals surface area contributed by atoms with Gasteiger partial charge >= 0.3 is 5.97 Å². The lowest BCUT2D eigenvalue weighted by Crippen LogP contribution is -2.48. The Kier molecular flexibility index (Phi) is 4.48. The second kappa shape index (κ2) is 6.16. The molecule has 1 aliphatic heterocycles. The molecule has 0 aliphatic carbocycles. The second-order valence-corrected chi connectivity index (χ2v) is 5.49. The molecular weight excluding hydrogens is 284 g/mol. The molecule has 6 nitrogen and oxygen atoms in total. The molecule has 0 saturated carbocycles. The van der Waals surface area contributed by atoms with Gasteiger partial charge in [0.05, 0.1) is 18.2 Å². The summed E-state index contributed by atoms with van der Waals surface area (Å²) in [7, 11) is 0. The second-order valence-electron chi connectivity index (χ2n) is 5.49. The zero-order valence-corrected chi connectivity index (χ0v) is 12.7. The van der Waals surface area contributed by atoms with Crippen LogP contribution < -0.4 is 4.74 Å². The summed E-state index contributed by atoms with van der Waals surface area (Å²) in [5.74, 6) is -0.0303. The third-order valence-electron chi connectivity index (χ3n) is 3.47. The molecule has 2 atom stereocenters. The monoisotopic (exact) mass is 302 g/mol. The molecule has 0 amide bonds. The fourth-order valence-corrected chi connectivity index (χ4v) is 2.32. The third-order valence-corrected chi connectivity index (χ3v) is 3.47. The van der Waals surface area contributed by atoms with E-state index in [1.54, 1.807) is 39.0 Å². The minimum Gasteiger partial charge on any atom is -0.485 e. The first kappa shape index (κ1) is 16.0. The van der Waals surface area contributed by atoms with E-state index in [4.69, 9.17) is 14.7 Å². The van der Waals surface area contributed by atoms with Crippen molar-refractivity contribution in [3.8, 4) is 11.8 Å². The number of nitrogens with zero attached hydrogens (tertiary/aromatic N) is 2. The number of benzene rings is 1. The van der Waals surface area contributed by atoms with Crippen molar-refractivity contribution < 1.29 is 19.4 Å². The van der Waals surface area contributed by atoms with E-state index in [0.29, 0.717) is 16.9 Å². The molecule has 116 valence electrons. The predicted molar refractivity (Wildman–Crippen MR) is 79.7 cm³/mol. The van der Waals surface area contributed by atoms with Gasteiger partial charge in [0, 0.05) is 5.56 Å². The van der Waals surface area contributed by atoms with Crippen LogP contribution in [0, 0.1) is 11.3 Å². The van der Waals surface area contributed by atoms with E-state index < -0.39 is 23.7 Å². The number of esters is 1. The lowest BCUT2D eigenvalue weighted by atomic mass is 9.86. The van der Waals surface area contributed by atoms with Crippen molar-refractivity contribution in [2.24, 2.45) is 4.99 Å². The first-order valence-corrected chi connectivity index (χ1v) is 7.00. The van der Waals surface area contributed by atoms with Gasteiger partial charge in [-0.1, -0.05) is 0 Å². The minimum absolute atomic E-state index is 0.252. The summed E-state index contributed by atoms with van der Waals surface area (Å²) in [5, 5.41) is 19.5. The maximum atomic E-state index is 11.5. The molecule has 1 N–H and O–H groups in total. The quantitative estimate of drug-likeness (QED) is 0.678. The third kappa shape index (κ3) is 3.10. The molecule has 2 rings (SSSR count). The normalized spacial score (nSPS) is 22.5. The molecule has 0 saturated heterocycles. The van der Waals surface area contributed by atoms with Crippen LogP contribution in [-0.2, 0) is 9.53 Å². The van der Waals surface area contributed by atoms with E-state index in [1.165, 1.54) is 0 Å². The first-order valence-electron chi connectivity index (χ1n) is 7.00. The molecule has 0 radical (unpaired) electrons. The highest BCUT2D eigenvalue weighted by Crippen LogP contribution is 2.42. The van der Waals surface area contributed by atoms with Crippen molar-refractivity contribution in [3.05, 3.63) is 29.3 Å². The van der Waals surface area contributed by atoms with Gasteiger partial charge in [-0.25, -0.2) is 4.79 Å². The molecular formula is C16H18N2O4. The zero-order valence-electron chi connectivity index (χ0n) is 12.7. The highest BCUT2D eigenvalue weighted by atomic mass is 16.5. The van der Waals surface area contributed by atoms with E-state index in [1.807, 2.05) is 6.07 Å². The van der Waals surface area contributed by atoms with Crippen LogP contribution in [-0.4, -0.2) is 35.6 Å². The van der Waals surface area contributed by atoms with Crippen molar-refractivity contribution in [1.82, 2.24) is 0 Å². The lowest BCUT2D eigenvalue weighted by Gasteiger charge is -2.40. The molecule has 0 fully saturated rings. The molecule has 2 unspecified atom stereocenters. The summed E-state index contributed by atoms with van der Waals surface area (Å²) >= 11 is 0. The molecule has 1 aromatic rings. The number of rotatable bonds is 3. The van der Waals surface area contributed by atoms with Crippen LogP contribution in [0.25, 0.3) is 0 Å². The molecule has 0 aromatic heterocycles. The Labute approximate surface area is 129 Å². The highest BCUT2D eigenvalue weighted by Gasteiger charge is 2.42. The SMILES string of the molecule is CCOC(=O)C=NC1c2cc(C#N)ccc2OC(C)(C)C1O. The van der Waals surface area contributed by atoms with Crippen molar-refractivity contribution in [2.75, 3.05) is 6.61 Å². The Morgan fingerprint density at radius 2 is 2.32 bits per heavy atom. The van der Waals surface area contributed by atoms with Crippen LogP contribution in [0.1, 0.15) is 37.9 Å². The molecule has 1 aromatic carbocycles. The van der Waals surface area contributed by atoms with Crippen LogP contribution in [0.3, 0.4) is 0 Å². The van der Waals surface area contributed by atoms with Crippen molar-refractivity contribution in [1.29, 1.82) is 5.26 Å². The predicted octanol–water partition coefficient (Wildman–Crippen LogP) is 1.77. The van der Waals surface area contributed by atoms with Crippen molar-refractivity contribution in [2.45, 2.75) is 38.5 Å². The van der Waals surface area contributed by atoms with Crippen LogP contribution in [0.4, 0.5) is 0 Å². The smallest absolute Gasteiger partial charge is 0.348 e. The van der Waals surface area contributed by atoms with Gasteiger partial charge in [-0.15, -0.1) is 0 Å². The number of aliphatic hydroxyl groups is 1. The molecule has 1 heterocycles. The summed E-state index contributed by atoms with van der Waals surface area (Å²) in [6.07, 6.45) is 0.0985. The van der Waals surface area contributed by atoms with Gasteiger partial charge in [-0.2, -0.15) is 5.26 Å². The largest absolute Gasteiger partial charge is 0.485 e. The first-order chi connectivity index (χ1) is 10.4. The zero-order chi connectivity index (χ0) is 16.3. The summed E-state index contributed by atoms with van der Waals surface area (Å²) in [5.41, 5.74) is 0.148. The summed E-state index contributed by atoms with van der Waals surface area (Å²) in [6.45, 7) is 5.44.